The van der Waals surface area contributed by atoms with E-state index in [1.807, 2.05) is 21.1 Å². The molecule has 1 N–H and O–H groups in total. The molecule has 0 spiro atoms. The van der Waals surface area contributed by atoms with E-state index in [9.17, 15) is 8.42 Å². The van der Waals surface area contributed by atoms with Gasteiger partial charge >= 0.3 is 0 Å². The quantitative estimate of drug-likeness (QED) is 0.779. The van der Waals surface area contributed by atoms with Crippen molar-refractivity contribution in [2.45, 2.75) is 24.4 Å². The number of sulfonamides is 1. The Hall–Kier alpha value is -0.960. The van der Waals surface area contributed by atoms with Crippen molar-refractivity contribution < 1.29 is 8.42 Å². The van der Waals surface area contributed by atoms with Gasteiger partial charge < -0.3 is 10.2 Å². The maximum absolute atomic E-state index is 12.7. The number of aromatic nitrogens is 2. The van der Waals surface area contributed by atoms with Crippen LogP contribution in [0.15, 0.2) is 17.3 Å². The molecule has 1 aromatic heterocycles. The molecular weight excluding hydrogens is 290 g/mol. The lowest BCUT2D eigenvalue weighted by atomic mass is 10.1. The first-order valence-electron chi connectivity index (χ1n) is 7.20. The molecule has 21 heavy (non-hydrogen) atoms. The number of nitrogens with zero attached hydrogens (tertiary/aromatic N) is 4. The van der Waals surface area contributed by atoms with Crippen LogP contribution in [-0.2, 0) is 16.6 Å². The van der Waals surface area contributed by atoms with Crippen LogP contribution < -0.4 is 5.32 Å². The highest BCUT2D eigenvalue weighted by molar-refractivity contribution is 7.89. The van der Waals surface area contributed by atoms with Crippen LogP contribution in [0.3, 0.4) is 0 Å². The van der Waals surface area contributed by atoms with Gasteiger partial charge in [-0.2, -0.15) is 9.40 Å². The average Bonchev–Trinajstić information content (AvgIpc) is 3.03. The molecule has 2 atom stereocenters. The Labute approximate surface area is 127 Å². The van der Waals surface area contributed by atoms with Gasteiger partial charge in [-0.1, -0.05) is 6.92 Å². The van der Waals surface area contributed by atoms with E-state index in [1.165, 1.54) is 6.20 Å². The Bertz CT molecular complexity index is 569. The highest BCUT2D eigenvalue weighted by Gasteiger charge is 2.38. The van der Waals surface area contributed by atoms with Crippen molar-refractivity contribution in [3.8, 4) is 0 Å². The molecule has 0 saturated carbocycles. The molecule has 120 valence electrons. The normalized spacial score (nSPS) is 24.0. The molecule has 2 rings (SSSR count). The van der Waals surface area contributed by atoms with Gasteiger partial charge in [0.1, 0.15) is 4.90 Å². The monoisotopic (exact) mass is 315 g/mol. The summed E-state index contributed by atoms with van der Waals surface area (Å²) in [4.78, 5) is 2.38. The summed E-state index contributed by atoms with van der Waals surface area (Å²) in [5, 5.41) is 7.14. The number of nitrogens with one attached hydrogen (secondary N) is 1. The van der Waals surface area contributed by atoms with E-state index in [4.69, 9.17) is 0 Å². The van der Waals surface area contributed by atoms with E-state index >= 15 is 0 Å². The van der Waals surface area contributed by atoms with Crippen LogP contribution in [-0.4, -0.2) is 74.2 Å². The van der Waals surface area contributed by atoms with Gasteiger partial charge in [0.05, 0.1) is 12.7 Å². The number of hydrogen-bond donors (Lipinski definition) is 1. The first-order valence-corrected chi connectivity index (χ1v) is 8.64. The molecule has 2 unspecified atom stereocenters. The average molecular weight is 315 g/mol. The molecule has 1 saturated heterocycles. The standard InChI is InChI=1S/C13H25N5O2S/c1-11-8-18(10-13(11)16(3)4)21(19,20)12-7-15-17(9-12)6-5-14-2/h7,9,11,13-14H,5-6,8,10H2,1-4H3. The lowest BCUT2D eigenvalue weighted by molar-refractivity contribution is 0.263. The zero-order chi connectivity index (χ0) is 15.6. The van der Waals surface area contributed by atoms with Crippen molar-refractivity contribution in [3.05, 3.63) is 12.4 Å². The molecule has 1 aliphatic rings. The highest BCUT2D eigenvalue weighted by atomic mass is 32.2. The van der Waals surface area contributed by atoms with Crippen molar-refractivity contribution in [2.24, 2.45) is 5.92 Å². The summed E-state index contributed by atoms with van der Waals surface area (Å²) in [6, 6.07) is 0.263. The molecule has 0 aromatic carbocycles. The lowest BCUT2D eigenvalue weighted by Crippen LogP contribution is -2.35. The van der Waals surface area contributed by atoms with Crippen LogP contribution in [0, 0.1) is 5.92 Å². The molecule has 7 nitrogen and oxygen atoms in total. The summed E-state index contributed by atoms with van der Waals surface area (Å²) in [5.74, 6) is 0.328. The second kappa shape index (κ2) is 6.43. The van der Waals surface area contributed by atoms with Crippen molar-refractivity contribution in [3.63, 3.8) is 0 Å². The Kier molecular flexibility index (Phi) is 5.03. The van der Waals surface area contributed by atoms with E-state index in [-0.39, 0.29) is 10.9 Å². The Balaban J connectivity index is 2.13. The highest BCUT2D eigenvalue weighted by Crippen LogP contribution is 2.26. The van der Waals surface area contributed by atoms with Gasteiger partial charge in [-0.05, 0) is 27.1 Å². The maximum Gasteiger partial charge on any atom is 0.246 e. The van der Waals surface area contributed by atoms with E-state index in [1.54, 1.807) is 15.2 Å². The lowest BCUT2D eigenvalue weighted by Gasteiger charge is -2.22. The Morgan fingerprint density at radius 2 is 2.14 bits per heavy atom. The van der Waals surface area contributed by atoms with E-state index in [0.717, 1.165) is 6.54 Å². The first-order chi connectivity index (χ1) is 9.86. The molecule has 8 heteroatoms. The molecule has 1 aliphatic heterocycles. The van der Waals surface area contributed by atoms with Crippen LogP contribution in [0.5, 0.6) is 0 Å². The third-order valence-corrected chi connectivity index (χ3v) is 5.83. The Morgan fingerprint density at radius 3 is 2.71 bits per heavy atom. The van der Waals surface area contributed by atoms with Gasteiger partial charge in [0.25, 0.3) is 0 Å². The molecule has 0 aliphatic carbocycles. The van der Waals surface area contributed by atoms with E-state index in [2.05, 4.69) is 22.2 Å². The molecular formula is C13H25N5O2S. The van der Waals surface area contributed by atoms with E-state index < -0.39 is 10.0 Å². The van der Waals surface area contributed by atoms with Crippen LogP contribution in [0.25, 0.3) is 0 Å². The fraction of sp³-hybridized carbons (Fsp3) is 0.769. The second-order valence-corrected chi connectivity index (χ2v) is 7.81. The summed E-state index contributed by atoms with van der Waals surface area (Å²) in [6.45, 7) is 4.61. The zero-order valence-electron chi connectivity index (χ0n) is 13.2. The predicted molar refractivity (Wildman–Crippen MR) is 81.6 cm³/mol. The van der Waals surface area contributed by atoms with E-state index in [0.29, 0.717) is 25.6 Å². The summed E-state index contributed by atoms with van der Waals surface area (Å²) < 4.78 is 28.6. The second-order valence-electron chi connectivity index (χ2n) is 5.87. The van der Waals surface area contributed by atoms with Crippen molar-refractivity contribution >= 4 is 10.0 Å². The predicted octanol–water partition coefficient (Wildman–Crippen LogP) is -0.327. The van der Waals surface area contributed by atoms with Crippen LogP contribution in [0.1, 0.15) is 6.92 Å². The van der Waals surface area contributed by atoms with Gasteiger partial charge in [-0.15, -0.1) is 0 Å². The molecule has 2 heterocycles. The molecule has 0 bridgehead atoms. The SMILES string of the molecule is CNCCn1cc(S(=O)(=O)N2CC(C)C(N(C)C)C2)cn1. The topological polar surface area (TPSA) is 70.5 Å². The number of likely N-dealkylation sites (N-methyl/N-ethyl adjacent to an activating group) is 2. The van der Waals surface area contributed by atoms with Crippen molar-refractivity contribution in [1.29, 1.82) is 0 Å². The summed E-state index contributed by atoms with van der Waals surface area (Å²) in [7, 11) is 2.40. The smallest absolute Gasteiger partial charge is 0.246 e. The van der Waals surface area contributed by atoms with Crippen molar-refractivity contribution in [1.82, 2.24) is 24.3 Å². The largest absolute Gasteiger partial charge is 0.318 e. The third kappa shape index (κ3) is 3.45. The fourth-order valence-corrected chi connectivity index (χ4v) is 4.26. The van der Waals surface area contributed by atoms with Gasteiger partial charge in [0, 0.05) is 31.9 Å². The Morgan fingerprint density at radius 1 is 1.43 bits per heavy atom. The first kappa shape index (κ1) is 16.4. The third-order valence-electron chi connectivity index (χ3n) is 4.04. The fourth-order valence-electron chi connectivity index (χ4n) is 2.75. The molecule has 1 fully saturated rings. The van der Waals surface area contributed by atoms with Gasteiger partial charge in [-0.3, -0.25) is 4.68 Å². The minimum atomic E-state index is -3.44. The molecule has 1 aromatic rings. The minimum absolute atomic E-state index is 0.263. The summed E-state index contributed by atoms with van der Waals surface area (Å²) in [5.41, 5.74) is 0. The number of hydrogen-bond acceptors (Lipinski definition) is 5. The molecule has 0 radical (unpaired) electrons. The number of rotatable bonds is 6. The maximum atomic E-state index is 12.7. The van der Waals surface area contributed by atoms with Gasteiger partial charge in [0.15, 0.2) is 0 Å². The summed E-state index contributed by atoms with van der Waals surface area (Å²) in [6.07, 6.45) is 3.05. The van der Waals surface area contributed by atoms with Gasteiger partial charge in [-0.25, -0.2) is 8.42 Å². The van der Waals surface area contributed by atoms with Crippen molar-refractivity contribution in [2.75, 3.05) is 40.8 Å². The van der Waals surface area contributed by atoms with Crippen LogP contribution >= 0.6 is 0 Å². The van der Waals surface area contributed by atoms with Crippen LogP contribution in [0.2, 0.25) is 0 Å². The molecule has 0 amide bonds. The minimum Gasteiger partial charge on any atom is -0.318 e. The van der Waals surface area contributed by atoms with Gasteiger partial charge in [0.2, 0.25) is 10.0 Å². The van der Waals surface area contributed by atoms with Crippen LogP contribution in [0.4, 0.5) is 0 Å². The zero-order valence-corrected chi connectivity index (χ0v) is 14.0. The summed E-state index contributed by atoms with van der Waals surface area (Å²) >= 11 is 0.